The van der Waals surface area contributed by atoms with E-state index < -0.39 is 11.9 Å². The molecule has 0 radical (unpaired) electrons. The van der Waals surface area contributed by atoms with Crippen molar-refractivity contribution < 1.29 is 19.4 Å². The molecule has 26 heavy (non-hydrogen) atoms. The lowest BCUT2D eigenvalue weighted by atomic mass is 9.90. The van der Waals surface area contributed by atoms with Crippen LogP contribution in [0, 0.1) is 5.92 Å². The molecule has 2 atom stereocenters. The molecule has 0 saturated carbocycles. The number of hydrogen-bond donors (Lipinski definition) is 1. The van der Waals surface area contributed by atoms with Crippen molar-refractivity contribution >= 4 is 11.9 Å². The van der Waals surface area contributed by atoms with Gasteiger partial charge in [-0.25, -0.2) is 0 Å². The van der Waals surface area contributed by atoms with Crippen LogP contribution in [-0.2, 0) is 16.0 Å². The van der Waals surface area contributed by atoms with Crippen LogP contribution in [0.5, 0.6) is 5.75 Å². The van der Waals surface area contributed by atoms with Crippen LogP contribution in [-0.4, -0.2) is 46.6 Å². The van der Waals surface area contributed by atoms with E-state index in [-0.39, 0.29) is 24.8 Å². The third-order valence-corrected chi connectivity index (χ3v) is 4.74. The number of carbonyl (C=O) groups excluding carboxylic acids is 1. The first-order chi connectivity index (χ1) is 12.6. The number of nitrogens with zero attached hydrogens (tertiary/aromatic N) is 2. The molecule has 0 spiro atoms. The van der Waals surface area contributed by atoms with Gasteiger partial charge in [0, 0.05) is 37.0 Å². The molecule has 6 heteroatoms. The molecule has 3 rings (SSSR count). The minimum atomic E-state index is -0.878. The number of pyridine rings is 1. The van der Waals surface area contributed by atoms with Gasteiger partial charge in [0.2, 0.25) is 5.91 Å². The van der Waals surface area contributed by atoms with Crippen molar-refractivity contribution in [1.29, 1.82) is 0 Å². The Bertz CT molecular complexity index is 778. The predicted octanol–water partition coefficient (Wildman–Crippen LogP) is 2.35. The minimum absolute atomic E-state index is 0.0834. The highest BCUT2D eigenvalue weighted by Gasteiger charge is 2.40. The summed E-state index contributed by atoms with van der Waals surface area (Å²) in [6.07, 6.45) is 3.50. The van der Waals surface area contributed by atoms with Gasteiger partial charge < -0.3 is 14.7 Å². The van der Waals surface area contributed by atoms with Crippen molar-refractivity contribution in [2.75, 3.05) is 19.7 Å². The second-order valence-corrected chi connectivity index (χ2v) is 6.35. The quantitative estimate of drug-likeness (QED) is 0.861. The van der Waals surface area contributed by atoms with Crippen molar-refractivity contribution in [2.45, 2.75) is 19.3 Å². The average Bonchev–Trinajstić information content (AvgIpc) is 3.10. The van der Waals surface area contributed by atoms with Crippen LogP contribution in [0.25, 0.3) is 0 Å². The number of likely N-dealkylation sites (tertiary alicyclic amines) is 1. The van der Waals surface area contributed by atoms with Crippen LogP contribution < -0.4 is 4.74 Å². The van der Waals surface area contributed by atoms with E-state index in [1.54, 1.807) is 17.3 Å². The lowest BCUT2D eigenvalue weighted by molar-refractivity contribution is -0.141. The first-order valence-electron chi connectivity index (χ1n) is 8.71. The number of benzene rings is 1. The summed E-state index contributed by atoms with van der Waals surface area (Å²) in [5, 5.41) is 9.57. The van der Waals surface area contributed by atoms with Gasteiger partial charge in [-0.3, -0.25) is 14.6 Å². The normalized spacial score (nSPS) is 19.3. The fourth-order valence-corrected chi connectivity index (χ4v) is 3.43. The van der Waals surface area contributed by atoms with Crippen molar-refractivity contribution in [3.05, 3.63) is 59.9 Å². The van der Waals surface area contributed by atoms with Gasteiger partial charge in [0.15, 0.2) is 0 Å². The Kier molecular flexibility index (Phi) is 5.51. The summed E-state index contributed by atoms with van der Waals surface area (Å²) in [5.74, 6) is -1.09. The second kappa shape index (κ2) is 7.99. The van der Waals surface area contributed by atoms with Crippen LogP contribution in [0.4, 0.5) is 0 Å². The molecule has 0 aliphatic carbocycles. The van der Waals surface area contributed by atoms with Gasteiger partial charge >= 0.3 is 5.97 Å². The zero-order valence-electron chi connectivity index (χ0n) is 14.7. The number of carboxylic acid groups (broad SMARTS) is 1. The van der Waals surface area contributed by atoms with E-state index in [4.69, 9.17) is 4.74 Å². The number of carbonyl (C=O) groups is 2. The summed E-state index contributed by atoms with van der Waals surface area (Å²) in [5.41, 5.74) is 1.72. The molecule has 1 aliphatic heterocycles. The van der Waals surface area contributed by atoms with E-state index >= 15 is 0 Å². The molecule has 1 N–H and O–H groups in total. The summed E-state index contributed by atoms with van der Waals surface area (Å²) in [4.78, 5) is 30.1. The Morgan fingerprint density at radius 1 is 1.19 bits per heavy atom. The third kappa shape index (κ3) is 3.85. The van der Waals surface area contributed by atoms with Crippen molar-refractivity contribution in [3.8, 4) is 5.75 Å². The highest BCUT2D eigenvalue weighted by atomic mass is 16.5. The Balaban J connectivity index is 1.76. The van der Waals surface area contributed by atoms with E-state index in [0.29, 0.717) is 18.9 Å². The van der Waals surface area contributed by atoms with E-state index in [1.807, 2.05) is 43.3 Å². The zero-order valence-corrected chi connectivity index (χ0v) is 14.7. The minimum Gasteiger partial charge on any atom is -0.494 e. The Morgan fingerprint density at radius 3 is 2.62 bits per heavy atom. The number of ether oxygens (including phenoxy) is 1. The van der Waals surface area contributed by atoms with Gasteiger partial charge in [-0.2, -0.15) is 0 Å². The summed E-state index contributed by atoms with van der Waals surface area (Å²) >= 11 is 0. The molecule has 1 aromatic carbocycles. The maximum absolute atomic E-state index is 12.8. The average molecular weight is 354 g/mol. The molecule has 0 unspecified atom stereocenters. The number of amides is 1. The number of aliphatic carboxylic acids is 1. The summed E-state index contributed by atoms with van der Waals surface area (Å²) < 4.78 is 5.58. The number of aromatic nitrogens is 1. The first-order valence-corrected chi connectivity index (χ1v) is 8.71. The molecule has 1 fully saturated rings. The molecule has 2 aromatic rings. The maximum atomic E-state index is 12.8. The molecule has 0 bridgehead atoms. The van der Waals surface area contributed by atoms with Crippen LogP contribution in [0.2, 0.25) is 0 Å². The first kappa shape index (κ1) is 17.9. The highest BCUT2D eigenvalue weighted by molar-refractivity contribution is 5.82. The van der Waals surface area contributed by atoms with Crippen LogP contribution >= 0.6 is 0 Å². The molecule has 1 amide bonds. The van der Waals surface area contributed by atoms with Gasteiger partial charge in [-0.05, 0) is 30.7 Å². The second-order valence-electron chi connectivity index (χ2n) is 6.35. The molecule has 2 heterocycles. The summed E-state index contributed by atoms with van der Waals surface area (Å²) in [7, 11) is 0. The van der Waals surface area contributed by atoms with Gasteiger partial charge in [0.05, 0.1) is 18.9 Å². The van der Waals surface area contributed by atoms with Gasteiger partial charge in [-0.15, -0.1) is 0 Å². The number of hydrogen-bond acceptors (Lipinski definition) is 4. The van der Waals surface area contributed by atoms with Crippen LogP contribution in [0.15, 0.2) is 48.8 Å². The lowest BCUT2D eigenvalue weighted by Gasteiger charge is -2.17. The molecule has 136 valence electrons. The van der Waals surface area contributed by atoms with E-state index in [1.165, 1.54) is 0 Å². The fraction of sp³-hybridized carbons (Fsp3) is 0.350. The zero-order chi connectivity index (χ0) is 18.5. The standard InChI is InChI=1S/C20H22N2O4/c1-2-26-18-6-4-3-5-15(18)11-19(23)22-12-16(17(13-22)20(24)25)14-7-9-21-10-8-14/h3-10,16-17H,2,11-13H2,1H3,(H,24,25)/t16-,17+/m0/s1. The number of para-hydroxylation sites is 1. The van der Waals surface area contributed by atoms with Gasteiger partial charge in [0.1, 0.15) is 5.75 Å². The fourth-order valence-electron chi connectivity index (χ4n) is 3.43. The highest BCUT2D eigenvalue weighted by Crippen LogP contribution is 2.33. The van der Waals surface area contributed by atoms with Crippen LogP contribution in [0.1, 0.15) is 24.0 Å². The van der Waals surface area contributed by atoms with Crippen molar-refractivity contribution in [2.24, 2.45) is 5.92 Å². The molecule has 1 aromatic heterocycles. The topological polar surface area (TPSA) is 79.7 Å². The van der Waals surface area contributed by atoms with Gasteiger partial charge in [-0.1, -0.05) is 18.2 Å². The molecule has 1 saturated heterocycles. The SMILES string of the molecule is CCOc1ccccc1CC(=O)N1C[C@@H](C(=O)O)[C@H](c2ccncc2)C1. The number of rotatable bonds is 6. The molecular formula is C20H22N2O4. The Morgan fingerprint density at radius 2 is 1.92 bits per heavy atom. The van der Waals surface area contributed by atoms with E-state index in [9.17, 15) is 14.7 Å². The van der Waals surface area contributed by atoms with E-state index in [2.05, 4.69) is 4.98 Å². The summed E-state index contributed by atoms with van der Waals surface area (Å²) in [6.45, 7) is 3.05. The lowest BCUT2D eigenvalue weighted by Crippen LogP contribution is -2.31. The molecule has 6 nitrogen and oxygen atoms in total. The molecular weight excluding hydrogens is 332 g/mol. The Labute approximate surface area is 152 Å². The van der Waals surface area contributed by atoms with Gasteiger partial charge in [0.25, 0.3) is 0 Å². The monoisotopic (exact) mass is 354 g/mol. The number of carboxylic acids is 1. The van der Waals surface area contributed by atoms with E-state index in [0.717, 1.165) is 11.1 Å². The Hall–Kier alpha value is -2.89. The van der Waals surface area contributed by atoms with Crippen LogP contribution in [0.3, 0.4) is 0 Å². The van der Waals surface area contributed by atoms with Crippen molar-refractivity contribution in [1.82, 2.24) is 9.88 Å². The molecule has 1 aliphatic rings. The largest absolute Gasteiger partial charge is 0.494 e. The maximum Gasteiger partial charge on any atom is 0.308 e. The summed E-state index contributed by atoms with van der Waals surface area (Å²) in [6, 6.07) is 11.1. The van der Waals surface area contributed by atoms with Crippen molar-refractivity contribution in [3.63, 3.8) is 0 Å². The smallest absolute Gasteiger partial charge is 0.308 e. The predicted molar refractivity (Wildman–Crippen MR) is 96.0 cm³/mol. The third-order valence-electron chi connectivity index (χ3n) is 4.74.